The molecule has 0 amide bonds. The van der Waals surface area contributed by atoms with E-state index in [4.69, 9.17) is 14.6 Å². The monoisotopic (exact) mass is 287 g/mol. The summed E-state index contributed by atoms with van der Waals surface area (Å²) < 4.78 is 10.4. The Morgan fingerprint density at radius 2 is 1.86 bits per heavy atom. The number of benzene rings is 2. The van der Waals surface area contributed by atoms with Crippen molar-refractivity contribution in [3.05, 3.63) is 53.6 Å². The molecule has 0 aromatic heterocycles. The lowest BCUT2D eigenvalue weighted by molar-refractivity contribution is 0.0697. The molecule has 5 nitrogen and oxygen atoms in total. The lowest BCUT2D eigenvalue weighted by atomic mass is 10.1. The van der Waals surface area contributed by atoms with Crippen molar-refractivity contribution in [3.8, 4) is 11.5 Å². The molecule has 0 atom stereocenters. The largest absolute Gasteiger partial charge is 0.493 e. The Morgan fingerprint density at radius 1 is 1.10 bits per heavy atom. The van der Waals surface area contributed by atoms with E-state index < -0.39 is 5.97 Å². The number of rotatable bonds is 6. The highest BCUT2D eigenvalue weighted by Gasteiger charge is 2.05. The van der Waals surface area contributed by atoms with Crippen LogP contribution in [0.5, 0.6) is 11.5 Å². The first-order valence-electron chi connectivity index (χ1n) is 6.42. The summed E-state index contributed by atoms with van der Waals surface area (Å²) in [5.41, 5.74) is 2.04. The van der Waals surface area contributed by atoms with Gasteiger partial charge in [0, 0.05) is 18.3 Å². The average Bonchev–Trinajstić information content (AvgIpc) is 2.52. The van der Waals surface area contributed by atoms with Crippen LogP contribution in [0, 0.1) is 0 Å². The van der Waals surface area contributed by atoms with Crippen molar-refractivity contribution in [1.29, 1.82) is 0 Å². The number of methoxy groups -OCH3 is 2. The number of carbonyl (C=O) groups is 1. The van der Waals surface area contributed by atoms with Crippen LogP contribution in [0.4, 0.5) is 5.69 Å². The van der Waals surface area contributed by atoms with Gasteiger partial charge in [-0.3, -0.25) is 0 Å². The van der Waals surface area contributed by atoms with E-state index in [1.807, 2.05) is 24.3 Å². The molecule has 0 heterocycles. The maximum atomic E-state index is 10.9. The number of hydrogen-bond donors (Lipinski definition) is 2. The molecule has 2 aromatic rings. The van der Waals surface area contributed by atoms with Gasteiger partial charge in [-0.1, -0.05) is 12.1 Å². The second-order valence-electron chi connectivity index (χ2n) is 4.43. The molecule has 0 fully saturated rings. The topological polar surface area (TPSA) is 67.8 Å². The molecule has 0 saturated carbocycles. The smallest absolute Gasteiger partial charge is 0.335 e. The summed E-state index contributed by atoms with van der Waals surface area (Å²) in [5, 5.41) is 12.2. The van der Waals surface area contributed by atoms with E-state index >= 15 is 0 Å². The summed E-state index contributed by atoms with van der Waals surface area (Å²) in [7, 11) is 3.17. The first-order valence-corrected chi connectivity index (χ1v) is 6.42. The number of anilines is 1. The van der Waals surface area contributed by atoms with E-state index in [2.05, 4.69) is 5.32 Å². The van der Waals surface area contributed by atoms with Crippen LogP contribution in [0.3, 0.4) is 0 Å². The highest BCUT2D eigenvalue weighted by molar-refractivity contribution is 5.87. The Bertz CT molecular complexity index is 640. The van der Waals surface area contributed by atoms with Gasteiger partial charge in [0.05, 0.1) is 19.8 Å². The SMILES string of the molecule is COc1ccc(NCc2cccc(C(=O)O)c2)cc1OC. The van der Waals surface area contributed by atoms with Crippen LogP contribution >= 0.6 is 0 Å². The molecule has 2 N–H and O–H groups in total. The van der Waals surface area contributed by atoms with Crippen LogP contribution in [0.2, 0.25) is 0 Å². The standard InChI is InChI=1S/C16H17NO4/c1-20-14-7-6-13(9-15(14)21-2)17-10-11-4-3-5-12(8-11)16(18)19/h3-9,17H,10H2,1-2H3,(H,18,19). The Balaban J connectivity index is 2.09. The third kappa shape index (κ3) is 3.66. The normalized spacial score (nSPS) is 10.0. The highest BCUT2D eigenvalue weighted by atomic mass is 16.5. The highest BCUT2D eigenvalue weighted by Crippen LogP contribution is 2.29. The molecule has 0 aliphatic carbocycles. The number of carboxylic acids is 1. The minimum atomic E-state index is -0.928. The van der Waals surface area contributed by atoms with E-state index in [-0.39, 0.29) is 5.56 Å². The molecular formula is C16H17NO4. The van der Waals surface area contributed by atoms with Crippen molar-refractivity contribution in [2.45, 2.75) is 6.54 Å². The van der Waals surface area contributed by atoms with Gasteiger partial charge < -0.3 is 19.9 Å². The first kappa shape index (κ1) is 14.7. The van der Waals surface area contributed by atoms with Gasteiger partial charge in [-0.15, -0.1) is 0 Å². The predicted octanol–water partition coefficient (Wildman–Crippen LogP) is 3.01. The van der Waals surface area contributed by atoms with Gasteiger partial charge >= 0.3 is 5.97 Å². The van der Waals surface area contributed by atoms with Crippen LogP contribution < -0.4 is 14.8 Å². The molecule has 0 aliphatic heterocycles. The third-order valence-electron chi connectivity index (χ3n) is 3.05. The maximum Gasteiger partial charge on any atom is 0.335 e. The molecule has 2 rings (SSSR count). The Morgan fingerprint density at radius 3 is 2.52 bits per heavy atom. The van der Waals surface area contributed by atoms with Crippen molar-refractivity contribution in [2.75, 3.05) is 19.5 Å². The Labute approximate surface area is 123 Å². The number of aromatic carboxylic acids is 1. The average molecular weight is 287 g/mol. The van der Waals surface area contributed by atoms with Gasteiger partial charge in [0.15, 0.2) is 11.5 Å². The predicted molar refractivity (Wildman–Crippen MR) is 80.3 cm³/mol. The summed E-state index contributed by atoms with van der Waals surface area (Å²) in [6, 6.07) is 12.4. The third-order valence-corrected chi connectivity index (χ3v) is 3.05. The lowest BCUT2D eigenvalue weighted by Gasteiger charge is -2.11. The number of hydrogen-bond acceptors (Lipinski definition) is 4. The number of nitrogens with one attached hydrogen (secondary N) is 1. The molecular weight excluding hydrogens is 270 g/mol. The molecule has 0 spiro atoms. The van der Waals surface area contributed by atoms with E-state index in [0.29, 0.717) is 18.0 Å². The molecule has 0 bridgehead atoms. The number of carboxylic acid groups (broad SMARTS) is 1. The van der Waals surface area contributed by atoms with Gasteiger partial charge in [0.2, 0.25) is 0 Å². The van der Waals surface area contributed by atoms with Crippen molar-refractivity contribution >= 4 is 11.7 Å². The second kappa shape index (κ2) is 6.65. The fourth-order valence-electron chi connectivity index (χ4n) is 1.96. The first-order chi connectivity index (χ1) is 10.1. The van der Waals surface area contributed by atoms with E-state index in [1.165, 1.54) is 0 Å². The summed E-state index contributed by atoms with van der Waals surface area (Å²) in [6.45, 7) is 0.524. The summed E-state index contributed by atoms with van der Waals surface area (Å²) in [4.78, 5) is 10.9. The van der Waals surface area contributed by atoms with E-state index in [9.17, 15) is 4.79 Å². The zero-order valence-corrected chi connectivity index (χ0v) is 11.9. The van der Waals surface area contributed by atoms with Gasteiger partial charge in [0.25, 0.3) is 0 Å². The summed E-state index contributed by atoms with van der Waals surface area (Å²) in [5.74, 6) is 0.376. The fourth-order valence-corrected chi connectivity index (χ4v) is 1.96. The fraction of sp³-hybridized carbons (Fsp3) is 0.188. The van der Waals surface area contributed by atoms with Crippen molar-refractivity contribution < 1.29 is 19.4 Å². The number of ether oxygens (including phenoxy) is 2. The van der Waals surface area contributed by atoms with Gasteiger partial charge in [-0.2, -0.15) is 0 Å². The summed E-state index contributed by atoms with van der Waals surface area (Å²) >= 11 is 0. The minimum absolute atomic E-state index is 0.279. The van der Waals surface area contributed by atoms with Crippen molar-refractivity contribution in [2.24, 2.45) is 0 Å². The molecule has 0 radical (unpaired) electrons. The lowest BCUT2D eigenvalue weighted by Crippen LogP contribution is -2.02. The Hall–Kier alpha value is -2.69. The summed E-state index contributed by atoms with van der Waals surface area (Å²) in [6.07, 6.45) is 0. The minimum Gasteiger partial charge on any atom is -0.493 e. The molecule has 110 valence electrons. The molecule has 21 heavy (non-hydrogen) atoms. The van der Waals surface area contributed by atoms with Crippen LogP contribution in [0.1, 0.15) is 15.9 Å². The van der Waals surface area contributed by atoms with E-state index in [1.54, 1.807) is 32.4 Å². The van der Waals surface area contributed by atoms with Crippen LogP contribution in [0.15, 0.2) is 42.5 Å². The van der Waals surface area contributed by atoms with E-state index in [0.717, 1.165) is 11.3 Å². The zero-order chi connectivity index (χ0) is 15.2. The zero-order valence-electron chi connectivity index (χ0n) is 11.9. The maximum absolute atomic E-state index is 10.9. The Kier molecular flexibility index (Phi) is 4.66. The van der Waals surface area contributed by atoms with Crippen LogP contribution in [0.25, 0.3) is 0 Å². The van der Waals surface area contributed by atoms with Gasteiger partial charge in [-0.25, -0.2) is 4.79 Å². The van der Waals surface area contributed by atoms with Crippen LogP contribution in [-0.4, -0.2) is 25.3 Å². The van der Waals surface area contributed by atoms with Crippen molar-refractivity contribution in [1.82, 2.24) is 0 Å². The van der Waals surface area contributed by atoms with Gasteiger partial charge in [0.1, 0.15) is 0 Å². The molecule has 2 aromatic carbocycles. The quantitative estimate of drug-likeness (QED) is 0.854. The van der Waals surface area contributed by atoms with Crippen molar-refractivity contribution in [3.63, 3.8) is 0 Å². The molecule has 5 heteroatoms. The second-order valence-corrected chi connectivity index (χ2v) is 4.43. The van der Waals surface area contributed by atoms with Gasteiger partial charge in [-0.05, 0) is 29.8 Å². The molecule has 0 aliphatic rings. The molecule has 0 unspecified atom stereocenters. The molecule has 0 saturated heterocycles. The van der Waals surface area contributed by atoms with Crippen LogP contribution in [-0.2, 0) is 6.54 Å².